The minimum Gasteiger partial charge on any atom is -0.462 e. The Labute approximate surface area is 152 Å². The van der Waals surface area contributed by atoms with Crippen LogP contribution in [0, 0.1) is 0 Å². The molecule has 0 saturated carbocycles. The molecule has 126 valence electrons. The second-order valence-electron chi connectivity index (χ2n) is 5.15. The highest BCUT2D eigenvalue weighted by Gasteiger charge is 2.06. The van der Waals surface area contributed by atoms with Gasteiger partial charge < -0.3 is 15.4 Å². The molecule has 0 amide bonds. The minimum absolute atomic E-state index is 0.313. The van der Waals surface area contributed by atoms with E-state index in [-0.39, 0.29) is 5.97 Å². The zero-order valence-corrected chi connectivity index (χ0v) is 14.9. The molecule has 6 heteroatoms. The maximum absolute atomic E-state index is 11.7. The fourth-order valence-corrected chi connectivity index (χ4v) is 2.24. The van der Waals surface area contributed by atoms with Crippen LogP contribution in [0.4, 0.5) is 5.69 Å². The zero-order chi connectivity index (χ0) is 17.4. The lowest BCUT2D eigenvalue weighted by Crippen LogP contribution is -2.27. The van der Waals surface area contributed by atoms with Gasteiger partial charge in [0.2, 0.25) is 0 Å². The van der Waals surface area contributed by atoms with Crippen molar-refractivity contribution in [3.63, 3.8) is 0 Å². The van der Waals surface area contributed by atoms with Crippen LogP contribution in [0.2, 0.25) is 5.02 Å². The summed E-state index contributed by atoms with van der Waals surface area (Å²) < 4.78 is 5.09. The van der Waals surface area contributed by atoms with Crippen molar-refractivity contribution in [1.29, 1.82) is 0 Å². The Morgan fingerprint density at radius 3 is 2.42 bits per heavy atom. The van der Waals surface area contributed by atoms with Gasteiger partial charge in [-0.05, 0) is 60.6 Å². The van der Waals surface area contributed by atoms with E-state index in [4.69, 9.17) is 28.6 Å². The maximum Gasteiger partial charge on any atom is 0.338 e. The van der Waals surface area contributed by atoms with Crippen LogP contribution in [0.15, 0.2) is 48.5 Å². The van der Waals surface area contributed by atoms with Crippen molar-refractivity contribution in [2.75, 3.05) is 11.9 Å². The molecule has 0 radical (unpaired) electrons. The summed E-state index contributed by atoms with van der Waals surface area (Å²) >= 11 is 11.1. The number of thiocarbonyl (C=S) groups is 1. The number of ether oxygens (including phenoxy) is 1. The number of carbonyl (C=O) groups is 1. The normalized spacial score (nSPS) is 10.1. The first kappa shape index (κ1) is 18.2. The first-order valence-electron chi connectivity index (χ1n) is 7.65. The predicted molar refractivity (Wildman–Crippen MR) is 102 cm³/mol. The van der Waals surface area contributed by atoms with Crippen LogP contribution in [0.1, 0.15) is 29.3 Å². The van der Waals surface area contributed by atoms with E-state index < -0.39 is 0 Å². The van der Waals surface area contributed by atoms with Gasteiger partial charge in [-0.25, -0.2) is 4.79 Å². The van der Waals surface area contributed by atoms with E-state index in [9.17, 15) is 4.79 Å². The number of hydrogen-bond acceptors (Lipinski definition) is 3. The molecule has 2 aromatic carbocycles. The molecule has 0 unspecified atom stereocenters. The molecule has 2 aromatic rings. The molecule has 0 saturated heterocycles. The minimum atomic E-state index is -0.313. The van der Waals surface area contributed by atoms with Crippen molar-refractivity contribution >= 4 is 40.6 Å². The van der Waals surface area contributed by atoms with E-state index in [1.165, 1.54) is 0 Å². The fraction of sp³-hybridized carbons (Fsp3) is 0.222. The molecule has 0 fully saturated rings. The van der Waals surface area contributed by atoms with Crippen molar-refractivity contribution in [1.82, 2.24) is 5.32 Å². The van der Waals surface area contributed by atoms with Crippen molar-refractivity contribution in [2.45, 2.75) is 19.9 Å². The van der Waals surface area contributed by atoms with Gasteiger partial charge in [-0.15, -0.1) is 0 Å². The lowest BCUT2D eigenvalue weighted by atomic mass is 10.2. The lowest BCUT2D eigenvalue weighted by Gasteiger charge is -2.11. The van der Waals surface area contributed by atoms with Gasteiger partial charge in [-0.3, -0.25) is 0 Å². The lowest BCUT2D eigenvalue weighted by molar-refractivity contribution is 0.0505. The topological polar surface area (TPSA) is 50.4 Å². The molecule has 4 nitrogen and oxygen atoms in total. The molecule has 0 bridgehead atoms. The van der Waals surface area contributed by atoms with E-state index in [0.29, 0.717) is 28.9 Å². The Kier molecular flexibility index (Phi) is 7.03. The highest BCUT2D eigenvalue weighted by Crippen LogP contribution is 2.12. The number of benzene rings is 2. The van der Waals surface area contributed by atoms with Gasteiger partial charge in [0.1, 0.15) is 0 Å². The fourth-order valence-electron chi connectivity index (χ4n) is 1.93. The number of carbonyl (C=O) groups excluding carboxylic acids is 1. The predicted octanol–water partition coefficient (Wildman–Crippen LogP) is 4.39. The summed E-state index contributed by atoms with van der Waals surface area (Å²) in [6, 6.07) is 14.6. The average molecular weight is 363 g/mol. The van der Waals surface area contributed by atoms with Gasteiger partial charge in [0.25, 0.3) is 0 Å². The second-order valence-corrected chi connectivity index (χ2v) is 5.99. The van der Waals surface area contributed by atoms with E-state index in [2.05, 4.69) is 10.6 Å². The molecule has 0 aliphatic carbocycles. The summed E-state index contributed by atoms with van der Waals surface area (Å²) in [5, 5.41) is 7.40. The third-order valence-corrected chi connectivity index (χ3v) is 3.68. The van der Waals surface area contributed by atoms with Crippen LogP contribution >= 0.6 is 23.8 Å². The number of anilines is 1. The van der Waals surface area contributed by atoms with Gasteiger partial charge in [0.05, 0.1) is 12.2 Å². The first-order valence-corrected chi connectivity index (χ1v) is 8.43. The number of esters is 1. The molecule has 0 aromatic heterocycles. The van der Waals surface area contributed by atoms with Crippen LogP contribution in [0.3, 0.4) is 0 Å². The number of halogens is 1. The average Bonchev–Trinajstić information content (AvgIpc) is 2.60. The van der Waals surface area contributed by atoms with Crippen LogP contribution < -0.4 is 10.6 Å². The van der Waals surface area contributed by atoms with Crippen LogP contribution in [-0.2, 0) is 11.3 Å². The Hall–Kier alpha value is -2.11. The maximum atomic E-state index is 11.7. The van der Waals surface area contributed by atoms with Gasteiger partial charge in [-0.2, -0.15) is 0 Å². The molecule has 24 heavy (non-hydrogen) atoms. The van der Waals surface area contributed by atoms with E-state index in [0.717, 1.165) is 17.7 Å². The first-order chi connectivity index (χ1) is 11.6. The Balaban J connectivity index is 1.83. The number of hydrogen-bond donors (Lipinski definition) is 2. The monoisotopic (exact) mass is 362 g/mol. The van der Waals surface area contributed by atoms with Gasteiger partial charge in [0.15, 0.2) is 5.11 Å². The molecular weight excluding hydrogens is 344 g/mol. The molecular formula is C18H19ClN2O2S. The van der Waals surface area contributed by atoms with E-state index >= 15 is 0 Å². The van der Waals surface area contributed by atoms with Crippen molar-refractivity contribution in [2.24, 2.45) is 0 Å². The third kappa shape index (κ3) is 5.83. The Bertz CT molecular complexity index is 687. The highest BCUT2D eigenvalue weighted by molar-refractivity contribution is 7.80. The molecule has 0 spiro atoms. The molecule has 0 heterocycles. The van der Waals surface area contributed by atoms with Gasteiger partial charge in [0, 0.05) is 17.3 Å². The molecule has 2 rings (SSSR count). The summed E-state index contributed by atoms with van der Waals surface area (Å²) in [6.45, 7) is 2.99. The second kappa shape index (κ2) is 9.25. The molecule has 2 N–H and O–H groups in total. The van der Waals surface area contributed by atoms with Crippen LogP contribution in [-0.4, -0.2) is 17.7 Å². The van der Waals surface area contributed by atoms with Crippen molar-refractivity contribution in [3.05, 3.63) is 64.7 Å². The van der Waals surface area contributed by atoms with Gasteiger partial charge >= 0.3 is 5.97 Å². The summed E-state index contributed by atoms with van der Waals surface area (Å²) in [6.07, 6.45) is 0.805. The SMILES string of the molecule is CCCOC(=O)c1ccc(NC(=S)NCc2ccc(Cl)cc2)cc1. The summed E-state index contributed by atoms with van der Waals surface area (Å²) in [5.74, 6) is -0.313. The smallest absolute Gasteiger partial charge is 0.338 e. The van der Waals surface area contributed by atoms with Gasteiger partial charge in [-0.1, -0.05) is 30.7 Å². The highest BCUT2D eigenvalue weighted by atomic mass is 35.5. The largest absolute Gasteiger partial charge is 0.462 e. The van der Waals surface area contributed by atoms with Crippen LogP contribution in [0.25, 0.3) is 0 Å². The van der Waals surface area contributed by atoms with E-state index in [1.807, 2.05) is 31.2 Å². The molecule has 0 atom stereocenters. The molecule has 0 aliphatic heterocycles. The number of rotatable bonds is 6. The molecule has 0 aliphatic rings. The number of nitrogens with one attached hydrogen (secondary N) is 2. The quantitative estimate of drug-likeness (QED) is 0.589. The summed E-state index contributed by atoms with van der Waals surface area (Å²) in [4.78, 5) is 11.7. The Morgan fingerprint density at radius 1 is 1.12 bits per heavy atom. The van der Waals surface area contributed by atoms with Crippen molar-refractivity contribution in [3.8, 4) is 0 Å². The van der Waals surface area contributed by atoms with E-state index in [1.54, 1.807) is 24.3 Å². The third-order valence-electron chi connectivity index (χ3n) is 3.18. The summed E-state index contributed by atoms with van der Waals surface area (Å²) in [5.41, 5.74) is 2.40. The summed E-state index contributed by atoms with van der Waals surface area (Å²) in [7, 11) is 0. The zero-order valence-electron chi connectivity index (χ0n) is 13.3. The van der Waals surface area contributed by atoms with Crippen LogP contribution in [0.5, 0.6) is 0 Å². The standard InChI is InChI=1S/C18H19ClN2O2S/c1-2-11-23-17(22)14-5-9-16(10-6-14)21-18(24)20-12-13-3-7-15(19)8-4-13/h3-10H,2,11-12H2,1H3,(H2,20,21,24). The Morgan fingerprint density at radius 2 is 1.79 bits per heavy atom. The van der Waals surface area contributed by atoms with Crippen molar-refractivity contribution < 1.29 is 9.53 Å².